The minimum absolute atomic E-state index is 0.163. The van der Waals surface area contributed by atoms with E-state index in [1.165, 1.54) is 0 Å². The van der Waals surface area contributed by atoms with Crippen molar-refractivity contribution < 1.29 is 19.7 Å². The summed E-state index contributed by atoms with van der Waals surface area (Å²) in [5.74, 6) is 0. The van der Waals surface area contributed by atoms with Crippen LogP contribution in [-0.4, -0.2) is 35.6 Å². The van der Waals surface area contributed by atoms with Gasteiger partial charge in [-0.15, -0.1) is 0 Å². The van der Waals surface area contributed by atoms with Crippen molar-refractivity contribution >= 4 is 6.08 Å². The fraction of sp³-hybridized carbons (Fsp3) is 0.500. The van der Waals surface area contributed by atoms with E-state index in [0.29, 0.717) is 12.8 Å². The van der Waals surface area contributed by atoms with Crippen LogP contribution >= 0.6 is 0 Å². The summed E-state index contributed by atoms with van der Waals surface area (Å²) < 4.78 is 10.3. The van der Waals surface area contributed by atoms with Gasteiger partial charge in [-0.1, -0.05) is 30.9 Å². The molecule has 0 amide bonds. The Kier molecular flexibility index (Phi) is 3.89. The van der Waals surface area contributed by atoms with Crippen LogP contribution in [0.4, 0.5) is 0 Å². The molecule has 2 saturated heterocycles. The fourth-order valence-electron chi connectivity index (χ4n) is 2.58. The summed E-state index contributed by atoms with van der Waals surface area (Å²) in [6.07, 6.45) is 2.04. The summed E-state index contributed by atoms with van der Waals surface area (Å²) >= 11 is 0. The molecule has 0 aromatic heterocycles. The lowest BCUT2D eigenvalue weighted by Gasteiger charge is -2.19. The minimum atomic E-state index is -0.583. The molecular weight excluding hydrogens is 256 g/mol. The Morgan fingerprint density at radius 2 is 1.55 bits per heavy atom. The predicted molar refractivity (Wildman–Crippen MR) is 75.2 cm³/mol. The quantitative estimate of drug-likeness (QED) is 0.747. The highest BCUT2D eigenvalue weighted by atomic mass is 16.6. The Bertz CT molecular complexity index is 453. The van der Waals surface area contributed by atoms with E-state index in [-0.39, 0.29) is 12.2 Å². The van der Waals surface area contributed by atoms with Crippen LogP contribution in [0.3, 0.4) is 0 Å². The van der Waals surface area contributed by atoms with E-state index >= 15 is 0 Å². The maximum absolute atomic E-state index is 10.3. The Morgan fingerprint density at radius 1 is 1.10 bits per heavy atom. The zero-order valence-corrected chi connectivity index (χ0v) is 11.4. The molecule has 2 N–H and O–H groups in total. The Balaban J connectivity index is 1.82. The number of hydrogen-bond acceptors (Lipinski definition) is 4. The normalized spacial score (nSPS) is 26.9. The third-order valence-corrected chi connectivity index (χ3v) is 3.87. The van der Waals surface area contributed by atoms with Crippen LogP contribution in [0.15, 0.2) is 24.8 Å². The first-order valence-electron chi connectivity index (χ1n) is 7.03. The molecule has 0 saturated carbocycles. The van der Waals surface area contributed by atoms with Crippen LogP contribution in [0.5, 0.6) is 0 Å². The van der Waals surface area contributed by atoms with Gasteiger partial charge >= 0.3 is 0 Å². The monoisotopic (exact) mass is 276 g/mol. The van der Waals surface area contributed by atoms with E-state index in [2.05, 4.69) is 6.58 Å². The van der Waals surface area contributed by atoms with Crippen LogP contribution in [-0.2, 0) is 9.47 Å². The Morgan fingerprint density at radius 3 is 1.90 bits per heavy atom. The standard InChI is InChI=1S/C16H20O4/c1-2-12-13(15(17)6-10-8-19-10)4-3-5-14(12)16(18)7-11-9-20-11/h2-5,10-11,15-18H,1,6-9H2. The number of aliphatic hydroxyl groups is 2. The lowest BCUT2D eigenvalue weighted by Crippen LogP contribution is -2.09. The van der Waals surface area contributed by atoms with Gasteiger partial charge in [0, 0.05) is 12.8 Å². The molecule has 2 aliphatic rings. The van der Waals surface area contributed by atoms with Crippen molar-refractivity contribution in [3.05, 3.63) is 41.5 Å². The average Bonchev–Trinajstić information content (AvgIpc) is 3.33. The molecule has 0 spiro atoms. The van der Waals surface area contributed by atoms with Gasteiger partial charge in [-0.05, 0) is 16.7 Å². The summed E-state index contributed by atoms with van der Waals surface area (Å²) in [4.78, 5) is 0. The molecule has 2 fully saturated rings. The summed E-state index contributed by atoms with van der Waals surface area (Å²) in [5.41, 5.74) is 2.45. The Labute approximate surface area is 118 Å². The highest BCUT2D eigenvalue weighted by molar-refractivity contribution is 5.58. The molecule has 4 heteroatoms. The summed E-state index contributed by atoms with van der Waals surface area (Å²) in [6.45, 7) is 5.27. The second-order valence-electron chi connectivity index (χ2n) is 5.47. The third-order valence-electron chi connectivity index (χ3n) is 3.87. The van der Waals surface area contributed by atoms with Gasteiger partial charge in [0.2, 0.25) is 0 Å². The van der Waals surface area contributed by atoms with Gasteiger partial charge in [0.25, 0.3) is 0 Å². The molecule has 1 aromatic carbocycles. The second-order valence-corrected chi connectivity index (χ2v) is 5.47. The van der Waals surface area contributed by atoms with Gasteiger partial charge in [-0.25, -0.2) is 0 Å². The van der Waals surface area contributed by atoms with Gasteiger partial charge in [0.15, 0.2) is 0 Å². The molecule has 4 atom stereocenters. The van der Waals surface area contributed by atoms with Gasteiger partial charge in [-0.2, -0.15) is 0 Å². The first kappa shape index (κ1) is 13.8. The molecule has 1 aromatic rings. The SMILES string of the molecule is C=Cc1c(C(O)CC2CO2)cccc1C(O)CC1CO1. The predicted octanol–water partition coefficient (Wildman–Crippen LogP) is 1.97. The molecule has 2 heterocycles. The van der Waals surface area contributed by atoms with Crippen molar-refractivity contribution in [3.63, 3.8) is 0 Å². The number of hydrogen-bond donors (Lipinski definition) is 2. The first-order chi connectivity index (χ1) is 9.69. The lowest BCUT2D eigenvalue weighted by atomic mass is 9.91. The summed E-state index contributed by atoms with van der Waals surface area (Å²) in [5, 5.41) is 20.6. The van der Waals surface area contributed by atoms with E-state index in [0.717, 1.165) is 29.9 Å². The van der Waals surface area contributed by atoms with Gasteiger partial charge in [0.1, 0.15) is 0 Å². The maximum atomic E-state index is 10.3. The van der Waals surface area contributed by atoms with Crippen molar-refractivity contribution in [3.8, 4) is 0 Å². The van der Waals surface area contributed by atoms with Crippen molar-refractivity contribution in [2.75, 3.05) is 13.2 Å². The van der Waals surface area contributed by atoms with Crippen molar-refractivity contribution in [2.24, 2.45) is 0 Å². The minimum Gasteiger partial charge on any atom is -0.388 e. The van der Waals surface area contributed by atoms with E-state index in [9.17, 15) is 10.2 Å². The van der Waals surface area contributed by atoms with Gasteiger partial charge in [-0.3, -0.25) is 0 Å². The first-order valence-corrected chi connectivity index (χ1v) is 7.03. The number of rotatable bonds is 7. The van der Waals surface area contributed by atoms with Crippen molar-refractivity contribution in [1.29, 1.82) is 0 Å². The number of benzene rings is 1. The zero-order chi connectivity index (χ0) is 14.1. The van der Waals surface area contributed by atoms with E-state index < -0.39 is 12.2 Å². The van der Waals surface area contributed by atoms with Crippen molar-refractivity contribution in [2.45, 2.75) is 37.3 Å². The molecular formula is C16H20O4. The molecule has 0 aliphatic carbocycles. The summed E-state index contributed by atoms with van der Waals surface area (Å²) in [7, 11) is 0. The molecule has 4 unspecified atom stereocenters. The maximum Gasteiger partial charge on any atom is 0.0837 e. The molecule has 3 rings (SSSR count). The van der Waals surface area contributed by atoms with E-state index in [4.69, 9.17) is 9.47 Å². The molecule has 2 aliphatic heterocycles. The average molecular weight is 276 g/mol. The topological polar surface area (TPSA) is 65.5 Å². The van der Waals surface area contributed by atoms with Crippen LogP contribution in [0.25, 0.3) is 6.08 Å². The molecule has 108 valence electrons. The van der Waals surface area contributed by atoms with Crippen molar-refractivity contribution in [1.82, 2.24) is 0 Å². The molecule has 0 bridgehead atoms. The van der Waals surface area contributed by atoms with E-state index in [1.807, 2.05) is 18.2 Å². The lowest BCUT2D eigenvalue weighted by molar-refractivity contribution is 0.147. The van der Waals surface area contributed by atoms with Gasteiger partial charge in [0.05, 0.1) is 37.6 Å². The third kappa shape index (κ3) is 3.10. The number of ether oxygens (including phenoxy) is 2. The van der Waals surface area contributed by atoms with E-state index in [1.54, 1.807) is 6.08 Å². The second kappa shape index (κ2) is 5.66. The zero-order valence-electron chi connectivity index (χ0n) is 11.4. The highest BCUT2D eigenvalue weighted by Gasteiger charge is 2.30. The van der Waals surface area contributed by atoms with Crippen LogP contribution in [0, 0.1) is 0 Å². The molecule has 0 radical (unpaired) electrons. The largest absolute Gasteiger partial charge is 0.388 e. The summed E-state index contributed by atoms with van der Waals surface area (Å²) in [6, 6.07) is 5.63. The van der Waals surface area contributed by atoms with Crippen LogP contribution < -0.4 is 0 Å². The smallest absolute Gasteiger partial charge is 0.0837 e. The van der Waals surface area contributed by atoms with Crippen LogP contribution in [0.1, 0.15) is 41.7 Å². The number of epoxide rings is 2. The number of aliphatic hydroxyl groups excluding tert-OH is 2. The highest BCUT2D eigenvalue weighted by Crippen LogP contribution is 2.34. The fourth-order valence-corrected chi connectivity index (χ4v) is 2.58. The molecule has 4 nitrogen and oxygen atoms in total. The Hall–Kier alpha value is -1.20. The van der Waals surface area contributed by atoms with Crippen LogP contribution in [0.2, 0.25) is 0 Å². The molecule has 20 heavy (non-hydrogen) atoms. The van der Waals surface area contributed by atoms with Gasteiger partial charge < -0.3 is 19.7 Å².